The topological polar surface area (TPSA) is 22.0 Å². The molecular weight excluding hydrogens is 270 g/mol. The van der Waals surface area contributed by atoms with Gasteiger partial charge in [0.1, 0.15) is 0 Å². The molecule has 3 heteroatoms. The van der Waals surface area contributed by atoms with E-state index in [1.807, 2.05) is 61.5 Å². The van der Waals surface area contributed by atoms with Gasteiger partial charge in [0.15, 0.2) is 5.78 Å². The van der Waals surface area contributed by atoms with Gasteiger partial charge in [0, 0.05) is 22.3 Å². The van der Waals surface area contributed by atoms with Crippen LogP contribution in [0.4, 0.5) is 0 Å². The van der Waals surface area contributed by atoms with Crippen LogP contribution in [0.2, 0.25) is 0 Å². The summed E-state index contributed by atoms with van der Waals surface area (Å²) in [5.74, 6) is -0.0288. The predicted octanol–water partition coefficient (Wildman–Crippen LogP) is 4.36. The van der Waals surface area contributed by atoms with Crippen LogP contribution in [0.15, 0.2) is 54.6 Å². The van der Waals surface area contributed by atoms with Gasteiger partial charge in [-0.3, -0.25) is 4.79 Å². The van der Waals surface area contributed by atoms with Gasteiger partial charge in [-0.05, 0) is 25.1 Å². The van der Waals surface area contributed by atoms with E-state index >= 15 is 0 Å². The number of benzene rings is 2. The number of nitrogens with zero attached hydrogens (tertiary/aromatic N) is 1. The first-order valence-electron chi connectivity index (χ1n) is 6.48. The van der Waals surface area contributed by atoms with Crippen LogP contribution in [0.5, 0.6) is 0 Å². The molecule has 0 aliphatic carbocycles. The summed E-state index contributed by atoms with van der Waals surface area (Å²) in [7, 11) is 0. The predicted molar refractivity (Wildman–Crippen MR) is 83.1 cm³/mol. The molecule has 0 saturated carbocycles. The van der Waals surface area contributed by atoms with Crippen LogP contribution in [-0.2, 0) is 0 Å². The van der Waals surface area contributed by atoms with Crippen molar-refractivity contribution in [2.24, 2.45) is 0 Å². The minimum Gasteiger partial charge on any atom is -0.313 e. The summed E-state index contributed by atoms with van der Waals surface area (Å²) in [5.41, 5.74) is 3.74. The highest BCUT2D eigenvalue weighted by atomic mass is 35.5. The first kappa shape index (κ1) is 12.9. The van der Waals surface area contributed by atoms with Crippen LogP contribution >= 0.6 is 11.6 Å². The van der Waals surface area contributed by atoms with Crippen molar-refractivity contribution in [3.63, 3.8) is 0 Å². The molecular formula is C17H14ClNO. The summed E-state index contributed by atoms with van der Waals surface area (Å²) in [5, 5.41) is 0.958. The van der Waals surface area contributed by atoms with E-state index in [4.69, 9.17) is 11.6 Å². The summed E-state index contributed by atoms with van der Waals surface area (Å²) in [6.07, 6.45) is 0. The fourth-order valence-electron chi connectivity index (χ4n) is 2.70. The third kappa shape index (κ3) is 1.93. The van der Waals surface area contributed by atoms with E-state index in [0.717, 1.165) is 27.8 Å². The van der Waals surface area contributed by atoms with E-state index in [2.05, 4.69) is 4.57 Å². The molecule has 0 bridgehead atoms. The number of halogens is 1. The van der Waals surface area contributed by atoms with E-state index in [0.29, 0.717) is 0 Å². The number of hydrogen-bond acceptors (Lipinski definition) is 1. The van der Waals surface area contributed by atoms with Gasteiger partial charge in [-0.15, -0.1) is 11.6 Å². The molecule has 0 N–H and O–H groups in total. The number of ketones is 1. The van der Waals surface area contributed by atoms with Gasteiger partial charge in [-0.1, -0.05) is 36.4 Å². The lowest BCUT2D eigenvalue weighted by Crippen LogP contribution is -2.03. The van der Waals surface area contributed by atoms with Crippen LogP contribution in [0, 0.1) is 6.92 Å². The number of Topliss-reactive ketones (excluding diaryl/α,β-unsaturated/α-hetero) is 1. The van der Waals surface area contributed by atoms with Crippen molar-refractivity contribution in [1.29, 1.82) is 0 Å². The number of aromatic nitrogens is 1. The molecule has 0 saturated heterocycles. The third-order valence-electron chi connectivity index (χ3n) is 3.53. The van der Waals surface area contributed by atoms with Crippen LogP contribution in [0.1, 0.15) is 16.1 Å². The van der Waals surface area contributed by atoms with Crippen LogP contribution in [0.25, 0.3) is 16.6 Å². The maximum atomic E-state index is 12.1. The monoisotopic (exact) mass is 283 g/mol. The van der Waals surface area contributed by atoms with E-state index in [1.54, 1.807) is 0 Å². The lowest BCUT2D eigenvalue weighted by atomic mass is 10.1. The van der Waals surface area contributed by atoms with Gasteiger partial charge in [-0.25, -0.2) is 0 Å². The molecule has 2 nitrogen and oxygen atoms in total. The van der Waals surface area contributed by atoms with Crippen molar-refractivity contribution in [3.8, 4) is 5.69 Å². The highest BCUT2D eigenvalue weighted by molar-refractivity contribution is 6.32. The third-order valence-corrected chi connectivity index (χ3v) is 3.77. The van der Waals surface area contributed by atoms with Crippen molar-refractivity contribution in [1.82, 2.24) is 4.57 Å². The Kier molecular flexibility index (Phi) is 3.33. The number of carbonyl (C=O) groups excluding carboxylic acids is 1. The first-order valence-corrected chi connectivity index (χ1v) is 7.02. The first-order chi connectivity index (χ1) is 9.74. The quantitative estimate of drug-likeness (QED) is 0.517. The average molecular weight is 284 g/mol. The summed E-state index contributed by atoms with van der Waals surface area (Å²) in [4.78, 5) is 12.1. The van der Waals surface area contributed by atoms with Gasteiger partial charge < -0.3 is 4.57 Å². The molecule has 3 aromatic rings. The number of para-hydroxylation sites is 2. The summed E-state index contributed by atoms with van der Waals surface area (Å²) in [6, 6.07) is 18.0. The average Bonchev–Trinajstić information content (AvgIpc) is 2.79. The van der Waals surface area contributed by atoms with Crippen molar-refractivity contribution in [2.75, 3.05) is 5.88 Å². The zero-order valence-corrected chi connectivity index (χ0v) is 11.9. The molecule has 0 spiro atoms. The zero-order chi connectivity index (χ0) is 14.1. The molecule has 20 heavy (non-hydrogen) atoms. The van der Waals surface area contributed by atoms with Crippen LogP contribution in [-0.4, -0.2) is 16.2 Å². The van der Waals surface area contributed by atoms with Crippen molar-refractivity contribution in [2.45, 2.75) is 6.92 Å². The normalized spacial score (nSPS) is 10.9. The number of rotatable bonds is 3. The van der Waals surface area contributed by atoms with E-state index in [9.17, 15) is 4.79 Å². The lowest BCUT2D eigenvalue weighted by Gasteiger charge is -2.08. The maximum Gasteiger partial charge on any atom is 0.180 e. The Morgan fingerprint density at radius 3 is 2.40 bits per heavy atom. The fraction of sp³-hybridized carbons (Fsp3) is 0.118. The van der Waals surface area contributed by atoms with Gasteiger partial charge >= 0.3 is 0 Å². The molecule has 0 aliphatic heterocycles. The van der Waals surface area contributed by atoms with Gasteiger partial charge in [0.05, 0.1) is 11.4 Å². The number of carbonyl (C=O) groups is 1. The van der Waals surface area contributed by atoms with E-state index in [1.165, 1.54) is 0 Å². The van der Waals surface area contributed by atoms with Crippen molar-refractivity contribution >= 4 is 28.3 Å². The molecule has 0 fully saturated rings. The Morgan fingerprint density at radius 2 is 1.70 bits per heavy atom. The number of alkyl halides is 1. The molecule has 3 rings (SSSR count). The van der Waals surface area contributed by atoms with Gasteiger partial charge in [0.2, 0.25) is 0 Å². The highest BCUT2D eigenvalue weighted by Gasteiger charge is 2.19. The van der Waals surface area contributed by atoms with Crippen molar-refractivity contribution < 1.29 is 4.79 Å². The van der Waals surface area contributed by atoms with Crippen LogP contribution < -0.4 is 0 Å². The summed E-state index contributed by atoms with van der Waals surface area (Å²) < 4.78 is 2.11. The minimum atomic E-state index is -0.0324. The number of hydrogen-bond donors (Lipinski definition) is 0. The molecule has 1 heterocycles. The Balaban J connectivity index is 2.39. The summed E-state index contributed by atoms with van der Waals surface area (Å²) in [6.45, 7) is 1.97. The molecule has 0 atom stereocenters. The highest BCUT2D eigenvalue weighted by Crippen LogP contribution is 2.29. The largest absolute Gasteiger partial charge is 0.313 e. The molecule has 0 amide bonds. The standard InChI is InChI=1S/C17H14ClNO/c1-12-17(16(20)11-18)14-9-5-6-10-15(14)19(12)13-7-3-2-4-8-13/h2-10H,11H2,1H3. The second-order valence-electron chi connectivity index (χ2n) is 4.71. The van der Waals surface area contributed by atoms with E-state index in [-0.39, 0.29) is 11.7 Å². The molecule has 0 aliphatic rings. The lowest BCUT2D eigenvalue weighted by molar-refractivity contribution is 0.102. The second-order valence-corrected chi connectivity index (χ2v) is 4.97. The Hall–Kier alpha value is -2.06. The molecule has 2 aromatic carbocycles. The maximum absolute atomic E-state index is 12.1. The van der Waals surface area contributed by atoms with E-state index < -0.39 is 0 Å². The SMILES string of the molecule is Cc1c(C(=O)CCl)c2ccccc2n1-c1ccccc1. The van der Waals surface area contributed by atoms with Gasteiger partial charge in [-0.2, -0.15) is 0 Å². The Labute approximate surface area is 122 Å². The van der Waals surface area contributed by atoms with Crippen LogP contribution in [0.3, 0.4) is 0 Å². The molecule has 100 valence electrons. The Morgan fingerprint density at radius 1 is 1.05 bits per heavy atom. The van der Waals surface area contributed by atoms with Crippen molar-refractivity contribution in [3.05, 3.63) is 65.9 Å². The Bertz CT molecular complexity index is 774. The summed E-state index contributed by atoms with van der Waals surface area (Å²) >= 11 is 5.76. The molecule has 0 radical (unpaired) electrons. The fourth-order valence-corrected chi connectivity index (χ4v) is 2.83. The molecule has 0 unspecified atom stereocenters. The zero-order valence-electron chi connectivity index (χ0n) is 11.1. The second kappa shape index (κ2) is 5.14. The number of fused-ring (bicyclic) bond motifs is 1. The smallest absolute Gasteiger partial charge is 0.180 e. The molecule has 1 aromatic heterocycles. The minimum absolute atomic E-state index is 0.00361. The van der Waals surface area contributed by atoms with Gasteiger partial charge in [0.25, 0.3) is 0 Å².